The maximum atomic E-state index is 13.6. The van der Waals surface area contributed by atoms with Gasteiger partial charge in [-0.25, -0.2) is 19.2 Å². The SMILES string of the molecule is CCC(=O)c1cccc(C)c1.Cc1cccc(C(=O)C(C)Br)c1.Cc1cccc(C(=O)C(C)Cc2ccc(Cl)cc2)c1.Cc1cccc(C2(O)C(C)N(c3ccc(Cl)cc3)C(=O)N2c2ccc(Cl)cc2)c1.Cc1cccc(C2(O)[C@@H](C)N(c3ccc(Cl)cc3)C(=O)N2c2ccc(Cl)cc2)c1.Cc1cccc(C2(O)[C@H](C)N(c3ccc(Cl)cc3)C(=O)N2c2ccc(Cl)cc2)c1.Nc1ccc(Cl)cc1.O=C=Nc1ccc(Cl)cc1. The van der Waals surface area contributed by atoms with Gasteiger partial charge in [0.25, 0.3) is 0 Å². The van der Waals surface area contributed by atoms with Gasteiger partial charge in [0.2, 0.25) is 6.08 Å². The van der Waals surface area contributed by atoms with Gasteiger partial charge in [-0.1, -0.05) is 307 Å². The highest BCUT2D eigenvalue weighted by atomic mass is 79.9. The summed E-state index contributed by atoms with van der Waals surface area (Å²) in [6.07, 6.45) is 2.76. The van der Waals surface area contributed by atoms with Crippen LogP contribution in [0.5, 0.6) is 0 Å². The van der Waals surface area contributed by atoms with Crippen molar-refractivity contribution in [2.75, 3.05) is 35.1 Å². The molecule has 3 saturated heterocycles. The van der Waals surface area contributed by atoms with Crippen LogP contribution in [0.1, 0.15) is 135 Å². The lowest BCUT2D eigenvalue weighted by Crippen LogP contribution is -2.48. The van der Waals surface area contributed by atoms with E-state index in [0.29, 0.717) is 98.1 Å². The van der Waals surface area contributed by atoms with E-state index in [0.717, 1.165) is 77.8 Å². The number of carbonyl (C=O) groups excluding carboxylic acids is 7. The molecule has 0 aliphatic carbocycles. The standard InChI is InChI=1S/3C23H20Cl2N2O2.C17H17ClO.C10H11BrO.C10H12O.C7H4ClNO.C6H6ClN/c3*1-15-4-3-5-17(14-15)23(29)16(2)26(20-10-6-18(24)7-11-20)22(28)27(23)21-12-8-19(25)9-13-21;1-12-4-3-5-15(10-12)17(19)13(2)11-14-6-8-16(18)9-7-14;1-7-4-3-5-9(6-7)10(12)8(2)11;1-3-10(11)9-6-4-5-8(2)7-9;8-6-1-3-7(4-2-6)9-5-10;7-5-1-3-6(8)4-2-5/h3*3-14,16,29H,1-2H3;3-10,13H,11H2,1-2H3;3-6,8H,1-2H3;4-7H,3H2,1-2H3;1-4H;1-4H,8H2/t2*16-,23?;;;;;;/m10....../s1. The van der Waals surface area contributed by atoms with Gasteiger partial charge in [-0.2, -0.15) is 4.99 Å². The molecule has 0 spiro atoms. The first-order valence-electron chi connectivity index (χ1n) is 46.9. The first-order chi connectivity index (χ1) is 70.0. The van der Waals surface area contributed by atoms with Crippen LogP contribution in [0.4, 0.5) is 59.9 Å². The molecule has 3 fully saturated rings. The Balaban J connectivity index is 0.000000166. The molecule has 6 unspecified atom stereocenters. The van der Waals surface area contributed by atoms with Crippen molar-refractivity contribution < 1.29 is 48.9 Å². The van der Waals surface area contributed by atoms with Crippen LogP contribution in [0.15, 0.2) is 369 Å². The second-order valence-electron chi connectivity index (χ2n) is 35.3. The molecule has 28 heteroatoms. The smallest absolute Gasteiger partial charge is 0.332 e. The molecule has 5 N–H and O–H groups in total. The number of alkyl halides is 1. The number of nitrogen functional groups attached to an aromatic ring is 1. The predicted octanol–water partition coefficient (Wildman–Crippen LogP) is 32.4. The van der Waals surface area contributed by atoms with E-state index in [1.165, 1.54) is 20.8 Å². The van der Waals surface area contributed by atoms with Crippen molar-refractivity contribution in [3.05, 3.63) is 482 Å². The van der Waals surface area contributed by atoms with E-state index >= 15 is 0 Å². The van der Waals surface area contributed by atoms with Crippen molar-refractivity contribution in [1.82, 2.24) is 0 Å². The maximum absolute atomic E-state index is 13.6. The van der Waals surface area contributed by atoms with Crippen molar-refractivity contribution in [3.63, 3.8) is 0 Å². The molecule has 0 aromatic heterocycles. The number of amides is 6. The lowest BCUT2D eigenvalue weighted by Gasteiger charge is -2.36. The number of nitrogens with zero attached hydrogens (tertiary/aromatic N) is 7. The van der Waals surface area contributed by atoms with E-state index in [9.17, 15) is 48.9 Å². The van der Waals surface area contributed by atoms with Crippen molar-refractivity contribution in [1.29, 1.82) is 0 Å². The van der Waals surface area contributed by atoms with Crippen molar-refractivity contribution in [2.24, 2.45) is 10.9 Å². The number of benzene rings is 15. The minimum absolute atomic E-state index is 0.0250. The Kier molecular flexibility index (Phi) is 41.1. The van der Waals surface area contributed by atoms with Crippen LogP contribution in [-0.2, 0) is 28.4 Å². The fourth-order valence-electron chi connectivity index (χ4n) is 16.8. The molecule has 0 bridgehead atoms. The van der Waals surface area contributed by atoms with E-state index in [-0.39, 0.29) is 46.2 Å². The monoisotopic (exact) mass is 2200 g/mol. The van der Waals surface area contributed by atoms with Crippen LogP contribution < -0.4 is 35.1 Å². The third kappa shape index (κ3) is 29.2. The third-order valence-corrected chi connectivity index (χ3v) is 27.1. The Morgan fingerprint density at radius 2 is 0.585 bits per heavy atom. The Hall–Kier alpha value is -12.7. The normalized spacial score (nSPS) is 17.2. The van der Waals surface area contributed by atoms with Crippen LogP contribution in [0.2, 0.25) is 45.2 Å². The van der Waals surface area contributed by atoms with Crippen LogP contribution in [-0.4, -0.2) is 79.8 Å². The van der Waals surface area contributed by atoms with Crippen molar-refractivity contribution in [3.8, 4) is 0 Å². The number of halogens is 10. The number of hydrogen-bond acceptors (Lipinski definition) is 12. The van der Waals surface area contributed by atoms with Gasteiger partial charge in [0.05, 0.1) is 28.6 Å². The number of ketones is 3. The van der Waals surface area contributed by atoms with Crippen molar-refractivity contribution >= 4 is 207 Å². The second kappa shape index (κ2) is 52.7. The Labute approximate surface area is 912 Å². The Morgan fingerprint density at radius 1 is 0.347 bits per heavy atom. The highest BCUT2D eigenvalue weighted by molar-refractivity contribution is 9.10. The summed E-state index contributed by atoms with van der Waals surface area (Å²) in [6.45, 7) is 23.0. The molecule has 147 heavy (non-hydrogen) atoms. The summed E-state index contributed by atoms with van der Waals surface area (Å²) >= 11 is 56.4. The summed E-state index contributed by atoms with van der Waals surface area (Å²) in [6, 6.07) is 106. The van der Waals surface area contributed by atoms with Crippen LogP contribution in [0.3, 0.4) is 0 Å². The molecule has 15 aromatic carbocycles. The maximum Gasteiger partial charge on any atom is 0.332 e. The van der Waals surface area contributed by atoms with Gasteiger partial charge >= 0.3 is 18.1 Å². The molecule has 8 atom stereocenters. The second-order valence-corrected chi connectivity index (χ2v) is 40.6. The summed E-state index contributed by atoms with van der Waals surface area (Å²) < 4.78 is 0. The number of hydrogen-bond donors (Lipinski definition) is 4. The molecule has 6 amide bonds. The molecule has 3 aliphatic heterocycles. The number of aryl methyl sites for hydroxylation is 6. The minimum Gasteiger partial charge on any atom is -0.399 e. The van der Waals surface area contributed by atoms with Crippen LogP contribution in [0, 0.1) is 47.5 Å². The summed E-state index contributed by atoms with van der Waals surface area (Å²) in [5.41, 5.74) is 17.5. The molecule has 3 heterocycles. The highest BCUT2D eigenvalue weighted by Crippen LogP contribution is 2.49. The molecular weight excluding hydrogens is 2100 g/mol. The first kappa shape index (κ1) is 115. The van der Waals surface area contributed by atoms with Gasteiger partial charge in [-0.05, 0) is 306 Å². The van der Waals surface area contributed by atoms with E-state index in [1.807, 2.05) is 253 Å². The number of anilines is 7. The molecule has 0 saturated carbocycles. The van der Waals surface area contributed by atoms with Crippen LogP contribution in [0.25, 0.3) is 0 Å². The third-order valence-electron chi connectivity index (χ3n) is 24.4. The summed E-state index contributed by atoms with van der Waals surface area (Å²) in [7, 11) is 0. The largest absolute Gasteiger partial charge is 0.399 e. The highest BCUT2D eigenvalue weighted by Gasteiger charge is 2.60. The average molecular weight is 2210 g/mol. The fraction of sp³-hybridized carbons (Fsp3) is 0.185. The number of isocyanates is 1. The van der Waals surface area contributed by atoms with Gasteiger partial charge < -0.3 is 21.1 Å². The lowest BCUT2D eigenvalue weighted by atomic mass is 9.92. The first-order valence-corrected chi connectivity index (χ1v) is 51.2. The number of aliphatic hydroxyl groups is 3. The van der Waals surface area contributed by atoms with Gasteiger partial charge in [-0.15, -0.1) is 0 Å². The quantitative estimate of drug-likeness (QED) is 0.0207. The molecule has 18 nitrogen and oxygen atoms in total. The lowest BCUT2D eigenvalue weighted by molar-refractivity contribution is 0.0368. The predicted molar refractivity (Wildman–Crippen MR) is 608 cm³/mol. The average Bonchev–Trinajstić information content (AvgIpc) is 1.57. The number of rotatable bonds is 18. The zero-order valence-corrected chi connectivity index (χ0v) is 91.0. The van der Waals surface area contributed by atoms with Crippen LogP contribution >= 0.6 is 120 Å². The fourth-order valence-corrected chi connectivity index (χ4v) is 18.2. The molecule has 15 aromatic rings. The number of urea groups is 3. The molecule has 3 aliphatic rings. The zero-order valence-electron chi connectivity index (χ0n) is 82.6. The van der Waals surface area contributed by atoms with Gasteiger partial charge in [0, 0.05) is 131 Å². The van der Waals surface area contributed by atoms with E-state index < -0.39 is 35.3 Å². The number of aliphatic imine (C=N–C) groups is 1. The summed E-state index contributed by atoms with van der Waals surface area (Å²) in [5, 5.41) is 41.5. The van der Waals surface area contributed by atoms with E-state index in [2.05, 4.69) is 20.9 Å². The van der Waals surface area contributed by atoms with E-state index in [1.54, 1.807) is 209 Å². The molecular formula is C119H110BrCl9N8O10. The topological polar surface area (TPSA) is 238 Å². The Morgan fingerprint density at radius 3 is 0.844 bits per heavy atom. The van der Waals surface area contributed by atoms with Gasteiger partial charge in [0.1, 0.15) is 0 Å². The number of carbonyl (C=O) groups is 6. The van der Waals surface area contributed by atoms with Crippen molar-refractivity contribution in [2.45, 2.75) is 136 Å². The molecule has 18 rings (SSSR count). The molecule has 0 radical (unpaired) electrons. The van der Waals surface area contributed by atoms with Gasteiger partial charge in [-0.3, -0.25) is 43.8 Å². The number of nitrogens with two attached hydrogens (primary N) is 1. The van der Waals surface area contributed by atoms with Gasteiger partial charge in [0.15, 0.2) is 34.5 Å². The van der Waals surface area contributed by atoms with E-state index in [4.69, 9.17) is 110 Å². The zero-order chi connectivity index (χ0) is 107. The summed E-state index contributed by atoms with van der Waals surface area (Å²) in [4.78, 5) is 97.8. The summed E-state index contributed by atoms with van der Waals surface area (Å²) in [5.74, 6) is 0.522. The number of Topliss-reactive ketones (excluding diaryl/α,β-unsaturated/α-hetero) is 3. The molecule has 756 valence electrons. The minimum atomic E-state index is -1.57. The Bertz CT molecular complexity index is 6670.